The smallest absolute Gasteiger partial charge is 0.317 e. The van der Waals surface area contributed by atoms with Crippen molar-refractivity contribution in [2.45, 2.75) is 31.7 Å². The van der Waals surface area contributed by atoms with Crippen molar-refractivity contribution in [1.82, 2.24) is 10.2 Å². The molecule has 1 aliphatic heterocycles. The number of rotatable bonds is 2. The molecule has 2 rings (SSSR count). The standard InChI is InChI=1S/C11H18N2O3/c1-16-10(14)8-3-2-6-13(7-8)11(15)12-9-4-5-9/h8-9H,2-7H2,1H3,(H,12,15)/t8-/m0/s1. The van der Waals surface area contributed by atoms with E-state index in [1.807, 2.05) is 0 Å². The maximum atomic E-state index is 11.8. The number of nitrogens with one attached hydrogen (secondary N) is 1. The molecule has 0 bridgehead atoms. The van der Waals surface area contributed by atoms with Crippen molar-refractivity contribution < 1.29 is 14.3 Å². The predicted octanol–water partition coefficient (Wildman–Crippen LogP) is 0.743. The number of carbonyl (C=O) groups is 2. The van der Waals surface area contributed by atoms with Crippen molar-refractivity contribution in [2.75, 3.05) is 20.2 Å². The molecule has 1 saturated heterocycles. The quantitative estimate of drug-likeness (QED) is 0.707. The normalized spacial score (nSPS) is 25.1. The number of piperidine rings is 1. The van der Waals surface area contributed by atoms with Crippen LogP contribution in [0, 0.1) is 5.92 Å². The van der Waals surface area contributed by atoms with Crippen LogP contribution < -0.4 is 5.32 Å². The van der Waals surface area contributed by atoms with Gasteiger partial charge in [0.15, 0.2) is 0 Å². The monoisotopic (exact) mass is 226 g/mol. The third kappa shape index (κ3) is 2.65. The number of hydrogen-bond acceptors (Lipinski definition) is 3. The highest BCUT2D eigenvalue weighted by Crippen LogP contribution is 2.21. The summed E-state index contributed by atoms with van der Waals surface area (Å²) in [5, 5.41) is 2.94. The van der Waals surface area contributed by atoms with E-state index in [0.29, 0.717) is 12.6 Å². The van der Waals surface area contributed by atoms with E-state index in [4.69, 9.17) is 4.74 Å². The molecular formula is C11H18N2O3. The summed E-state index contributed by atoms with van der Waals surface area (Å²) < 4.78 is 4.71. The highest BCUT2D eigenvalue weighted by Gasteiger charge is 2.31. The number of nitrogens with zero attached hydrogens (tertiary/aromatic N) is 1. The van der Waals surface area contributed by atoms with Gasteiger partial charge in [0.2, 0.25) is 0 Å². The third-order valence-electron chi connectivity index (χ3n) is 3.15. The van der Waals surface area contributed by atoms with Crippen LogP contribution in [0.5, 0.6) is 0 Å². The van der Waals surface area contributed by atoms with Gasteiger partial charge in [-0.1, -0.05) is 0 Å². The molecule has 0 aromatic carbocycles. The highest BCUT2D eigenvalue weighted by atomic mass is 16.5. The van der Waals surface area contributed by atoms with Crippen LogP contribution in [0.1, 0.15) is 25.7 Å². The summed E-state index contributed by atoms with van der Waals surface area (Å²) in [6, 6.07) is 0.335. The van der Waals surface area contributed by atoms with Gasteiger partial charge in [0, 0.05) is 19.1 Å². The van der Waals surface area contributed by atoms with Crippen LogP contribution in [-0.2, 0) is 9.53 Å². The Hall–Kier alpha value is -1.26. The van der Waals surface area contributed by atoms with Gasteiger partial charge >= 0.3 is 12.0 Å². The maximum absolute atomic E-state index is 11.8. The van der Waals surface area contributed by atoms with E-state index in [-0.39, 0.29) is 17.9 Å². The predicted molar refractivity (Wildman–Crippen MR) is 57.9 cm³/mol. The molecule has 0 unspecified atom stereocenters. The molecular weight excluding hydrogens is 208 g/mol. The molecule has 5 heteroatoms. The average Bonchev–Trinajstić information content (AvgIpc) is 3.12. The van der Waals surface area contributed by atoms with E-state index in [1.165, 1.54) is 7.11 Å². The van der Waals surface area contributed by atoms with E-state index < -0.39 is 0 Å². The molecule has 2 fully saturated rings. The summed E-state index contributed by atoms with van der Waals surface area (Å²) in [4.78, 5) is 24.9. The second kappa shape index (κ2) is 4.72. The Labute approximate surface area is 95.1 Å². The van der Waals surface area contributed by atoms with Gasteiger partial charge in [0.25, 0.3) is 0 Å². The minimum atomic E-state index is -0.205. The molecule has 90 valence electrons. The molecule has 0 aromatic rings. The number of urea groups is 1. The lowest BCUT2D eigenvalue weighted by atomic mass is 9.98. The molecule has 2 amide bonds. The Morgan fingerprint density at radius 3 is 2.69 bits per heavy atom. The SMILES string of the molecule is COC(=O)[C@H]1CCCN(C(=O)NC2CC2)C1. The van der Waals surface area contributed by atoms with Crippen molar-refractivity contribution in [3.63, 3.8) is 0 Å². The van der Waals surface area contributed by atoms with Crippen molar-refractivity contribution in [2.24, 2.45) is 5.92 Å². The summed E-state index contributed by atoms with van der Waals surface area (Å²) in [6.45, 7) is 1.23. The van der Waals surface area contributed by atoms with Crippen molar-refractivity contribution in [3.8, 4) is 0 Å². The first-order chi connectivity index (χ1) is 7.70. The Bertz CT molecular complexity index is 289. The Kier molecular flexibility index (Phi) is 3.31. The topological polar surface area (TPSA) is 58.6 Å². The first-order valence-electron chi connectivity index (χ1n) is 5.84. The molecule has 1 saturated carbocycles. The molecule has 0 aromatic heterocycles. The van der Waals surface area contributed by atoms with Crippen molar-refractivity contribution in [1.29, 1.82) is 0 Å². The largest absolute Gasteiger partial charge is 0.469 e. The number of hydrogen-bond donors (Lipinski definition) is 1. The number of likely N-dealkylation sites (tertiary alicyclic amines) is 1. The van der Waals surface area contributed by atoms with Crippen LogP contribution in [0.2, 0.25) is 0 Å². The number of esters is 1. The van der Waals surface area contributed by atoms with Gasteiger partial charge in [0.05, 0.1) is 13.0 Å². The minimum Gasteiger partial charge on any atom is -0.469 e. The van der Waals surface area contributed by atoms with Crippen molar-refractivity contribution >= 4 is 12.0 Å². The number of methoxy groups -OCH3 is 1. The van der Waals surface area contributed by atoms with Crippen LogP contribution in [0.25, 0.3) is 0 Å². The molecule has 2 aliphatic rings. The zero-order valence-corrected chi connectivity index (χ0v) is 9.57. The van der Waals surface area contributed by atoms with E-state index >= 15 is 0 Å². The van der Waals surface area contributed by atoms with Gasteiger partial charge in [-0.3, -0.25) is 4.79 Å². The molecule has 1 heterocycles. The lowest BCUT2D eigenvalue weighted by molar-refractivity contribution is -0.146. The van der Waals surface area contributed by atoms with E-state index in [9.17, 15) is 9.59 Å². The average molecular weight is 226 g/mol. The summed E-state index contributed by atoms with van der Waals surface area (Å²) in [7, 11) is 1.39. The van der Waals surface area contributed by atoms with Crippen LogP contribution in [0.3, 0.4) is 0 Å². The van der Waals surface area contributed by atoms with E-state index in [2.05, 4.69) is 5.32 Å². The first kappa shape index (κ1) is 11.2. The second-order valence-corrected chi connectivity index (χ2v) is 4.53. The Morgan fingerprint density at radius 2 is 2.06 bits per heavy atom. The fraction of sp³-hybridized carbons (Fsp3) is 0.818. The van der Waals surface area contributed by atoms with Crippen LogP contribution >= 0.6 is 0 Å². The highest BCUT2D eigenvalue weighted by molar-refractivity contribution is 5.77. The van der Waals surface area contributed by atoms with Gasteiger partial charge in [-0.25, -0.2) is 4.79 Å². The lowest BCUT2D eigenvalue weighted by Gasteiger charge is -2.31. The summed E-state index contributed by atoms with van der Waals surface area (Å²) >= 11 is 0. The zero-order valence-electron chi connectivity index (χ0n) is 9.57. The minimum absolute atomic E-state index is 0.0314. The Morgan fingerprint density at radius 1 is 1.31 bits per heavy atom. The molecule has 5 nitrogen and oxygen atoms in total. The fourth-order valence-corrected chi connectivity index (χ4v) is 2.01. The maximum Gasteiger partial charge on any atom is 0.317 e. The number of amides is 2. The van der Waals surface area contributed by atoms with Gasteiger partial charge < -0.3 is 15.0 Å². The lowest BCUT2D eigenvalue weighted by Crippen LogP contribution is -2.47. The summed E-state index contributed by atoms with van der Waals surface area (Å²) in [5.41, 5.74) is 0. The number of ether oxygens (including phenoxy) is 1. The van der Waals surface area contributed by atoms with Gasteiger partial charge in [-0.2, -0.15) is 0 Å². The molecule has 0 spiro atoms. The molecule has 0 radical (unpaired) electrons. The summed E-state index contributed by atoms with van der Waals surface area (Å²) in [6.07, 6.45) is 3.86. The van der Waals surface area contributed by atoms with Gasteiger partial charge in [-0.15, -0.1) is 0 Å². The molecule has 1 atom stereocenters. The zero-order chi connectivity index (χ0) is 11.5. The number of carbonyl (C=O) groups excluding carboxylic acids is 2. The van der Waals surface area contributed by atoms with Crippen molar-refractivity contribution in [3.05, 3.63) is 0 Å². The van der Waals surface area contributed by atoms with Crippen LogP contribution in [-0.4, -0.2) is 43.1 Å². The van der Waals surface area contributed by atoms with Gasteiger partial charge in [-0.05, 0) is 25.7 Å². The molecule has 16 heavy (non-hydrogen) atoms. The van der Waals surface area contributed by atoms with E-state index in [1.54, 1.807) is 4.90 Å². The van der Waals surface area contributed by atoms with Gasteiger partial charge in [0.1, 0.15) is 0 Å². The van der Waals surface area contributed by atoms with E-state index in [0.717, 1.165) is 32.2 Å². The summed E-state index contributed by atoms with van der Waals surface area (Å²) in [5.74, 6) is -0.354. The second-order valence-electron chi connectivity index (χ2n) is 4.53. The fourth-order valence-electron chi connectivity index (χ4n) is 2.01. The first-order valence-corrected chi connectivity index (χ1v) is 5.84. The molecule has 1 N–H and O–H groups in total. The molecule has 1 aliphatic carbocycles. The van der Waals surface area contributed by atoms with Crippen LogP contribution in [0.15, 0.2) is 0 Å². The van der Waals surface area contributed by atoms with Crippen LogP contribution in [0.4, 0.5) is 4.79 Å². The third-order valence-corrected chi connectivity index (χ3v) is 3.15. The Balaban J connectivity index is 1.85.